The van der Waals surface area contributed by atoms with Crippen molar-refractivity contribution in [2.45, 2.75) is 19.4 Å². The number of nitriles is 1. The van der Waals surface area contributed by atoms with Gasteiger partial charge in [-0.15, -0.1) is 0 Å². The van der Waals surface area contributed by atoms with Crippen molar-refractivity contribution in [3.8, 4) is 6.07 Å². The predicted octanol–water partition coefficient (Wildman–Crippen LogP) is 2.41. The largest absolute Gasteiger partial charge is 0.388 e. The van der Waals surface area contributed by atoms with Gasteiger partial charge in [0.05, 0.1) is 12.2 Å². The molecule has 1 rings (SSSR count). The van der Waals surface area contributed by atoms with Crippen LogP contribution in [-0.4, -0.2) is 5.11 Å². The lowest BCUT2D eigenvalue weighted by Gasteiger charge is -2.16. The number of aliphatic hydroxyl groups is 1. The Morgan fingerprint density at radius 3 is 2.71 bits per heavy atom. The number of benzene rings is 1. The minimum atomic E-state index is -0.907. The lowest BCUT2D eigenvalue weighted by Crippen LogP contribution is -2.10. The van der Waals surface area contributed by atoms with Crippen molar-refractivity contribution >= 4 is 0 Å². The molecular weight excluding hydrogens is 181 g/mol. The van der Waals surface area contributed by atoms with E-state index in [1.165, 1.54) is 12.1 Å². The Hall–Kier alpha value is -1.40. The Labute approximate surface area is 82.6 Å². The molecule has 0 spiro atoms. The topological polar surface area (TPSA) is 44.0 Å². The Morgan fingerprint density at radius 1 is 1.50 bits per heavy atom. The van der Waals surface area contributed by atoms with Crippen LogP contribution < -0.4 is 0 Å². The first-order chi connectivity index (χ1) is 6.66. The third kappa shape index (κ3) is 2.30. The van der Waals surface area contributed by atoms with Gasteiger partial charge in [0.2, 0.25) is 0 Å². The zero-order valence-corrected chi connectivity index (χ0v) is 7.94. The Bertz CT molecular complexity index is 345. The molecule has 0 fully saturated rings. The summed E-state index contributed by atoms with van der Waals surface area (Å²) in [5, 5.41) is 18.2. The fourth-order valence-electron chi connectivity index (χ4n) is 1.28. The van der Waals surface area contributed by atoms with Crippen LogP contribution in [0.2, 0.25) is 0 Å². The van der Waals surface area contributed by atoms with Crippen molar-refractivity contribution in [1.82, 2.24) is 0 Å². The summed E-state index contributed by atoms with van der Waals surface area (Å²) in [5.74, 6) is -0.679. The van der Waals surface area contributed by atoms with Crippen molar-refractivity contribution in [2.24, 2.45) is 5.92 Å². The molecule has 0 aromatic heterocycles. The number of rotatable bonds is 3. The third-order valence-electron chi connectivity index (χ3n) is 2.18. The molecule has 0 heterocycles. The maximum Gasteiger partial charge on any atom is 0.129 e. The summed E-state index contributed by atoms with van der Waals surface area (Å²) in [6.45, 7) is 1.72. The van der Waals surface area contributed by atoms with E-state index < -0.39 is 11.9 Å². The van der Waals surface area contributed by atoms with Gasteiger partial charge < -0.3 is 5.11 Å². The van der Waals surface area contributed by atoms with E-state index >= 15 is 0 Å². The van der Waals surface area contributed by atoms with Crippen LogP contribution in [0.1, 0.15) is 25.0 Å². The second-order valence-corrected chi connectivity index (χ2v) is 3.31. The number of halogens is 1. The molecule has 0 radical (unpaired) electrons. The minimum Gasteiger partial charge on any atom is -0.388 e. The lowest BCUT2D eigenvalue weighted by molar-refractivity contribution is 0.116. The molecule has 2 nitrogen and oxygen atoms in total. The van der Waals surface area contributed by atoms with Gasteiger partial charge in [-0.2, -0.15) is 5.26 Å². The average Bonchev–Trinajstić information content (AvgIpc) is 2.18. The quantitative estimate of drug-likeness (QED) is 0.801. The van der Waals surface area contributed by atoms with E-state index in [1.54, 1.807) is 19.1 Å². The Morgan fingerprint density at radius 2 is 2.14 bits per heavy atom. The summed E-state index contributed by atoms with van der Waals surface area (Å²) in [6, 6.07) is 8.03. The van der Waals surface area contributed by atoms with E-state index in [2.05, 4.69) is 0 Å². The van der Waals surface area contributed by atoms with Gasteiger partial charge >= 0.3 is 0 Å². The summed E-state index contributed by atoms with van der Waals surface area (Å²) in [4.78, 5) is 0. The van der Waals surface area contributed by atoms with Crippen LogP contribution in [0.25, 0.3) is 0 Å². The molecule has 2 atom stereocenters. The molecule has 0 aliphatic carbocycles. The monoisotopic (exact) mass is 193 g/mol. The lowest BCUT2D eigenvalue weighted by atomic mass is 9.95. The maximum atomic E-state index is 13.2. The van der Waals surface area contributed by atoms with Crippen molar-refractivity contribution in [2.75, 3.05) is 0 Å². The number of hydrogen-bond donors (Lipinski definition) is 1. The SMILES string of the molecule is CC(CC#N)C(O)c1ccccc1F. The van der Waals surface area contributed by atoms with Gasteiger partial charge in [-0.25, -0.2) is 4.39 Å². The highest BCUT2D eigenvalue weighted by Gasteiger charge is 2.18. The summed E-state index contributed by atoms with van der Waals surface area (Å²) in [6.07, 6.45) is -0.689. The normalized spacial score (nSPS) is 14.4. The number of aliphatic hydroxyl groups excluding tert-OH is 1. The van der Waals surface area contributed by atoms with E-state index in [4.69, 9.17) is 5.26 Å². The summed E-state index contributed by atoms with van der Waals surface area (Å²) < 4.78 is 13.2. The molecule has 1 aromatic rings. The molecule has 2 unspecified atom stereocenters. The zero-order chi connectivity index (χ0) is 10.6. The van der Waals surface area contributed by atoms with Crippen LogP contribution in [0.3, 0.4) is 0 Å². The first kappa shape index (κ1) is 10.7. The van der Waals surface area contributed by atoms with Crippen LogP contribution in [-0.2, 0) is 0 Å². The van der Waals surface area contributed by atoms with E-state index in [1.807, 2.05) is 6.07 Å². The molecule has 0 bridgehead atoms. The molecule has 0 saturated heterocycles. The predicted molar refractivity (Wildman–Crippen MR) is 50.8 cm³/mol. The molecule has 1 N–H and O–H groups in total. The molecule has 0 aliphatic heterocycles. The zero-order valence-electron chi connectivity index (χ0n) is 7.94. The molecule has 0 saturated carbocycles. The van der Waals surface area contributed by atoms with Crippen LogP contribution in [0.5, 0.6) is 0 Å². The van der Waals surface area contributed by atoms with Gasteiger partial charge in [0.15, 0.2) is 0 Å². The number of nitrogens with zero attached hydrogens (tertiary/aromatic N) is 1. The Kier molecular flexibility index (Phi) is 3.61. The highest BCUT2D eigenvalue weighted by molar-refractivity contribution is 5.20. The minimum absolute atomic E-state index is 0.218. The van der Waals surface area contributed by atoms with Crippen molar-refractivity contribution < 1.29 is 9.50 Å². The maximum absolute atomic E-state index is 13.2. The summed E-state index contributed by atoms with van der Waals surface area (Å²) in [7, 11) is 0. The van der Waals surface area contributed by atoms with Gasteiger partial charge in [-0.1, -0.05) is 25.1 Å². The molecule has 3 heteroatoms. The molecule has 0 aliphatic rings. The van der Waals surface area contributed by atoms with E-state index in [0.717, 1.165) is 0 Å². The third-order valence-corrected chi connectivity index (χ3v) is 2.18. The summed E-state index contributed by atoms with van der Waals surface area (Å²) >= 11 is 0. The molecule has 14 heavy (non-hydrogen) atoms. The van der Waals surface area contributed by atoms with E-state index in [-0.39, 0.29) is 17.9 Å². The fraction of sp³-hybridized carbons (Fsp3) is 0.364. The highest BCUT2D eigenvalue weighted by atomic mass is 19.1. The molecular formula is C11H12FNO. The highest BCUT2D eigenvalue weighted by Crippen LogP contribution is 2.25. The van der Waals surface area contributed by atoms with Crippen LogP contribution in [0.4, 0.5) is 4.39 Å². The van der Waals surface area contributed by atoms with E-state index in [0.29, 0.717) is 0 Å². The van der Waals surface area contributed by atoms with Gasteiger partial charge in [0.25, 0.3) is 0 Å². The van der Waals surface area contributed by atoms with Crippen molar-refractivity contribution in [3.05, 3.63) is 35.6 Å². The fourth-order valence-corrected chi connectivity index (χ4v) is 1.28. The molecule has 74 valence electrons. The molecule has 0 amide bonds. The van der Waals surface area contributed by atoms with Gasteiger partial charge in [0, 0.05) is 12.0 Å². The van der Waals surface area contributed by atoms with Crippen molar-refractivity contribution in [3.63, 3.8) is 0 Å². The first-order valence-corrected chi connectivity index (χ1v) is 4.46. The first-order valence-electron chi connectivity index (χ1n) is 4.46. The van der Waals surface area contributed by atoms with Crippen LogP contribution >= 0.6 is 0 Å². The van der Waals surface area contributed by atoms with Gasteiger partial charge in [-0.3, -0.25) is 0 Å². The second kappa shape index (κ2) is 4.73. The molecule has 1 aromatic carbocycles. The van der Waals surface area contributed by atoms with Crippen LogP contribution in [0.15, 0.2) is 24.3 Å². The van der Waals surface area contributed by atoms with Gasteiger partial charge in [0.1, 0.15) is 5.82 Å². The summed E-state index contributed by atoms with van der Waals surface area (Å²) in [5.41, 5.74) is 0.259. The van der Waals surface area contributed by atoms with Gasteiger partial charge in [-0.05, 0) is 12.0 Å². The number of hydrogen-bond acceptors (Lipinski definition) is 2. The standard InChI is InChI=1S/C11H12FNO/c1-8(6-7-13)11(14)9-4-2-3-5-10(9)12/h2-5,8,11,14H,6H2,1H3. The Balaban J connectivity index is 2.84. The van der Waals surface area contributed by atoms with E-state index in [9.17, 15) is 9.50 Å². The average molecular weight is 193 g/mol. The van der Waals surface area contributed by atoms with Crippen molar-refractivity contribution in [1.29, 1.82) is 5.26 Å². The van der Waals surface area contributed by atoms with Crippen LogP contribution in [0, 0.1) is 23.1 Å². The smallest absolute Gasteiger partial charge is 0.129 e. The second-order valence-electron chi connectivity index (χ2n) is 3.31.